The molecule has 0 spiro atoms. The van der Waals surface area contributed by atoms with Gasteiger partial charge in [0.1, 0.15) is 5.01 Å². The Morgan fingerprint density at radius 2 is 1.77 bits per heavy atom. The molecule has 1 fully saturated rings. The monoisotopic (exact) mass is 339 g/mol. The van der Waals surface area contributed by atoms with Gasteiger partial charge in [0, 0.05) is 38.3 Å². The average molecular weight is 340 g/mol. The van der Waals surface area contributed by atoms with Gasteiger partial charge in [-0.1, -0.05) is 29.5 Å². The first-order valence-electron chi connectivity index (χ1n) is 7.41. The van der Waals surface area contributed by atoms with Gasteiger partial charge in [-0.25, -0.2) is 0 Å². The largest absolute Gasteiger partial charge is 0.374 e. The highest BCUT2D eigenvalue weighted by Crippen LogP contribution is 2.16. The molecule has 1 aliphatic rings. The number of nitrogen functional groups attached to an aromatic ring is 1. The maximum Gasteiger partial charge on any atom is 0.203 e. The van der Waals surface area contributed by atoms with Crippen molar-refractivity contribution in [3.05, 3.63) is 35.3 Å². The molecule has 0 amide bonds. The topological polar surface area (TPSA) is 58.3 Å². The molecule has 0 saturated carbocycles. The van der Waals surface area contributed by atoms with Crippen molar-refractivity contribution in [3.63, 3.8) is 0 Å². The minimum atomic E-state index is 0. The number of para-hydroxylation sites is 1. The zero-order valence-corrected chi connectivity index (χ0v) is 14.2. The van der Waals surface area contributed by atoms with E-state index in [1.54, 1.807) is 0 Å². The van der Waals surface area contributed by atoms with Gasteiger partial charge in [-0.3, -0.25) is 4.90 Å². The van der Waals surface area contributed by atoms with Gasteiger partial charge in [0.25, 0.3) is 0 Å². The number of aromatic nitrogens is 2. The number of aryl methyl sites for hydroxylation is 1. The maximum absolute atomic E-state index is 5.59. The molecule has 120 valence electrons. The van der Waals surface area contributed by atoms with Crippen LogP contribution >= 0.6 is 23.7 Å². The summed E-state index contributed by atoms with van der Waals surface area (Å²) in [6, 6.07) is 10.7. The van der Waals surface area contributed by atoms with Crippen LogP contribution in [0.15, 0.2) is 30.3 Å². The van der Waals surface area contributed by atoms with Crippen LogP contribution in [0.1, 0.15) is 11.4 Å². The van der Waals surface area contributed by atoms with Crippen LogP contribution in [0, 0.1) is 0 Å². The third-order valence-corrected chi connectivity index (χ3v) is 4.65. The van der Waals surface area contributed by atoms with E-state index in [1.807, 2.05) is 0 Å². The molecule has 3 rings (SSSR count). The molecule has 0 aliphatic carbocycles. The van der Waals surface area contributed by atoms with Crippen molar-refractivity contribution in [2.45, 2.75) is 12.8 Å². The zero-order chi connectivity index (χ0) is 14.5. The summed E-state index contributed by atoms with van der Waals surface area (Å²) in [5.74, 6) is 0. The minimum Gasteiger partial charge on any atom is -0.374 e. The summed E-state index contributed by atoms with van der Waals surface area (Å²) in [6.45, 7) is 5.61. The lowest BCUT2D eigenvalue weighted by Crippen LogP contribution is -2.46. The predicted molar refractivity (Wildman–Crippen MR) is 95.0 cm³/mol. The maximum atomic E-state index is 5.59. The van der Waals surface area contributed by atoms with Crippen LogP contribution in [0.5, 0.6) is 0 Å². The molecule has 0 unspecified atom stereocenters. The lowest BCUT2D eigenvalue weighted by molar-refractivity contribution is 0.255. The molecule has 2 aromatic rings. The number of piperazine rings is 1. The SMILES string of the molecule is Cl.Nc1nnc(CCCN2CCN(c3ccccc3)CC2)s1. The number of benzene rings is 1. The molecule has 5 nitrogen and oxygen atoms in total. The summed E-state index contributed by atoms with van der Waals surface area (Å²) >= 11 is 1.50. The van der Waals surface area contributed by atoms with E-state index < -0.39 is 0 Å². The summed E-state index contributed by atoms with van der Waals surface area (Å²) in [5.41, 5.74) is 6.93. The van der Waals surface area contributed by atoms with Gasteiger partial charge in [-0.05, 0) is 25.1 Å². The predicted octanol–water partition coefficient (Wildman–Crippen LogP) is 2.30. The first-order valence-corrected chi connectivity index (χ1v) is 8.23. The van der Waals surface area contributed by atoms with E-state index in [4.69, 9.17) is 5.73 Å². The lowest BCUT2D eigenvalue weighted by atomic mass is 10.2. The summed E-state index contributed by atoms with van der Waals surface area (Å²) in [7, 11) is 0. The van der Waals surface area contributed by atoms with Crippen molar-refractivity contribution >= 4 is 34.6 Å². The first-order chi connectivity index (χ1) is 10.3. The van der Waals surface area contributed by atoms with Crippen LogP contribution in [0.3, 0.4) is 0 Å². The number of nitrogens with zero attached hydrogens (tertiary/aromatic N) is 4. The van der Waals surface area contributed by atoms with E-state index in [2.05, 4.69) is 50.3 Å². The van der Waals surface area contributed by atoms with Crippen molar-refractivity contribution in [2.24, 2.45) is 0 Å². The van der Waals surface area contributed by atoms with Gasteiger partial charge in [-0.15, -0.1) is 22.6 Å². The standard InChI is InChI=1S/C15H21N5S.ClH/c16-15-18-17-14(21-15)7-4-8-19-9-11-20(12-10-19)13-5-2-1-3-6-13;/h1-3,5-6H,4,7-12H2,(H2,16,18);1H. The van der Waals surface area contributed by atoms with Gasteiger partial charge < -0.3 is 10.6 Å². The Labute approximate surface area is 141 Å². The van der Waals surface area contributed by atoms with E-state index in [0.717, 1.165) is 50.6 Å². The van der Waals surface area contributed by atoms with Gasteiger partial charge in [0.2, 0.25) is 5.13 Å². The molecule has 0 atom stereocenters. The summed E-state index contributed by atoms with van der Waals surface area (Å²) in [4.78, 5) is 4.99. The fourth-order valence-corrected chi connectivity index (χ4v) is 3.34. The number of hydrogen-bond donors (Lipinski definition) is 1. The Balaban J connectivity index is 0.00000176. The van der Waals surface area contributed by atoms with Gasteiger partial charge in [-0.2, -0.15) is 0 Å². The molecule has 1 aliphatic heterocycles. The smallest absolute Gasteiger partial charge is 0.203 e. The number of nitrogens with two attached hydrogens (primary N) is 1. The van der Waals surface area contributed by atoms with Crippen LogP contribution in [-0.4, -0.2) is 47.8 Å². The van der Waals surface area contributed by atoms with Gasteiger partial charge in [0.15, 0.2) is 0 Å². The molecule has 0 bridgehead atoms. The van der Waals surface area contributed by atoms with Crippen molar-refractivity contribution < 1.29 is 0 Å². The molecule has 1 saturated heterocycles. The Kier molecular flexibility index (Phi) is 6.42. The Hall–Kier alpha value is -1.37. The molecule has 2 N–H and O–H groups in total. The normalized spacial score (nSPS) is 15.5. The highest BCUT2D eigenvalue weighted by atomic mass is 35.5. The first kappa shape index (κ1) is 17.0. The molecule has 22 heavy (non-hydrogen) atoms. The Bertz CT molecular complexity index is 554. The second-order valence-corrected chi connectivity index (χ2v) is 6.40. The fraction of sp³-hybridized carbons (Fsp3) is 0.467. The van der Waals surface area contributed by atoms with Crippen molar-refractivity contribution in [2.75, 3.05) is 43.4 Å². The van der Waals surface area contributed by atoms with Crippen molar-refractivity contribution in [1.29, 1.82) is 0 Å². The second kappa shape index (κ2) is 8.31. The second-order valence-electron chi connectivity index (χ2n) is 5.30. The average Bonchev–Trinajstić information content (AvgIpc) is 2.94. The Morgan fingerprint density at radius 1 is 1.05 bits per heavy atom. The third-order valence-electron chi connectivity index (χ3n) is 3.84. The summed E-state index contributed by atoms with van der Waals surface area (Å²) in [5, 5.41) is 9.54. The molecule has 0 radical (unpaired) electrons. The summed E-state index contributed by atoms with van der Waals surface area (Å²) in [6.07, 6.45) is 2.10. The van der Waals surface area contributed by atoms with E-state index in [1.165, 1.54) is 17.0 Å². The number of halogens is 1. The quantitative estimate of drug-likeness (QED) is 0.905. The van der Waals surface area contributed by atoms with Crippen LogP contribution < -0.4 is 10.6 Å². The van der Waals surface area contributed by atoms with Crippen LogP contribution in [0.25, 0.3) is 0 Å². The van der Waals surface area contributed by atoms with Crippen molar-refractivity contribution in [1.82, 2.24) is 15.1 Å². The molecule has 7 heteroatoms. The molecule has 1 aromatic carbocycles. The third kappa shape index (κ3) is 4.56. The number of anilines is 2. The minimum absolute atomic E-state index is 0. The lowest BCUT2D eigenvalue weighted by Gasteiger charge is -2.36. The van der Waals surface area contributed by atoms with Crippen LogP contribution in [0.4, 0.5) is 10.8 Å². The molecular weight excluding hydrogens is 318 g/mol. The number of rotatable bonds is 5. The van der Waals surface area contributed by atoms with E-state index >= 15 is 0 Å². The molecular formula is C15H22ClN5S. The van der Waals surface area contributed by atoms with Crippen LogP contribution in [0.2, 0.25) is 0 Å². The van der Waals surface area contributed by atoms with Crippen LogP contribution in [-0.2, 0) is 6.42 Å². The van der Waals surface area contributed by atoms with E-state index in [9.17, 15) is 0 Å². The Morgan fingerprint density at radius 3 is 2.41 bits per heavy atom. The van der Waals surface area contributed by atoms with Gasteiger partial charge in [0.05, 0.1) is 0 Å². The zero-order valence-electron chi connectivity index (χ0n) is 12.5. The molecule has 1 aromatic heterocycles. The molecule has 2 heterocycles. The summed E-state index contributed by atoms with van der Waals surface area (Å²) < 4.78 is 0. The van der Waals surface area contributed by atoms with E-state index in [-0.39, 0.29) is 12.4 Å². The van der Waals surface area contributed by atoms with Gasteiger partial charge >= 0.3 is 0 Å². The van der Waals surface area contributed by atoms with Crippen molar-refractivity contribution in [3.8, 4) is 0 Å². The fourth-order valence-electron chi connectivity index (χ4n) is 2.69. The highest BCUT2D eigenvalue weighted by molar-refractivity contribution is 7.15. The van der Waals surface area contributed by atoms with E-state index in [0.29, 0.717) is 5.13 Å². The highest BCUT2D eigenvalue weighted by Gasteiger charge is 2.16. The number of hydrogen-bond acceptors (Lipinski definition) is 6.